The van der Waals surface area contributed by atoms with Crippen LogP contribution in [0.25, 0.3) is 0 Å². The summed E-state index contributed by atoms with van der Waals surface area (Å²) in [6, 6.07) is 4.24. The van der Waals surface area contributed by atoms with Crippen LogP contribution < -0.4 is 10.1 Å². The third-order valence-electron chi connectivity index (χ3n) is 4.33. The molecule has 2 unspecified atom stereocenters. The first-order chi connectivity index (χ1) is 9.95. The largest absolute Gasteiger partial charge is 0.486 e. The lowest BCUT2D eigenvalue weighted by Gasteiger charge is -2.44. The Morgan fingerprint density at radius 3 is 2.81 bits per heavy atom. The molecule has 0 heterocycles. The smallest absolute Gasteiger partial charge is 0.200 e. The summed E-state index contributed by atoms with van der Waals surface area (Å²) in [6.45, 7) is 7.43. The molecule has 1 N–H and O–H groups in total. The minimum Gasteiger partial charge on any atom is -0.486 e. The fraction of sp³-hybridized carbons (Fsp3) is 0.647. The van der Waals surface area contributed by atoms with E-state index < -0.39 is 11.6 Å². The van der Waals surface area contributed by atoms with Gasteiger partial charge in [0, 0.05) is 6.04 Å². The first kappa shape index (κ1) is 16.2. The number of nitrogens with one attached hydrogen (secondary N) is 1. The van der Waals surface area contributed by atoms with Gasteiger partial charge in [-0.1, -0.05) is 26.8 Å². The van der Waals surface area contributed by atoms with Crippen LogP contribution in [0.15, 0.2) is 18.2 Å². The molecular formula is C17H25F2NO. The quantitative estimate of drug-likeness (QED) is 0.875. The zero-order valence-electron chi connectivity index (χ0n) is 13.1. The molecule has 0 amide bonds. The van der Waals surface area contributed by atoms with Gasteiger partial charge in [0.1, 0.15) is 6.10 Å². The number of hydrogen-bond acceptors (Lipinski definition) is 2. The normalized spacial score (nSPS) is 24.8. The minimum atomic E-state index is -0.893. The van der Waals surface area contributed by atoms with E-state index in [-0.39, 0.29) is 23.3 Å². The van der Waals surface area contributed by atoms with Crippen molar-refractivity contribution in [3.63, 3.8) is 0 Å². The molecule has 1 aliphatic carbocycles. The molecule has 2 rings (SSSR count). The van der Waals surface area contributed by atoms with Crippen LogP contribution in [0.4, 0.5) is 8.78 Å². The van der Waals surface area contributed by atoms with Gasteiger partial charge in [-0.15, -0.1) is 0 Å². The maximum absolute atomic E-state index is 13.8. The van der Waals surface area contributed by atoms with E-state index in [9.17, 15) is 8.78 Å². The van der Waals surface area contributed by atoms with E-state index in [1.54, 1.807) is 0 Å². The van der Waals surface area contributed by atoms with Crippen molar-refractivity contribution in [3.05, 3.63) is 29.8 Å². The first-order valence-electron chi connectivity index (χ1n) is 7.79. The molecule has 21 heavy (non-hydrogen) atoms. The average molecular weight is 297 g/mol. The van der Waals surface area contributed by atoms with Crippen LogP contribution >= 0.6 is 0 Å². The average Bonchev–Trinajstić information content (AvgIpc) is 2.42. The summed E-state index contributed by atoms with van der Waals surface area (Å²) >= 11 is 0. The predicted molar refractivity (Wildman–Crippen MR) is 80.5 cm³/mol. The second-order valence-electron chi connectivity index (χ2n) is 6.52. The van der Waals surface area contributed by atoms with Crippen molar-refractivity contribution in [2.45, 2.75) is 58.6 Å². The Bertz CT molecular complexity index is 476. The molecule has 1 aromatic rings. The van der Waals surface area contributed by atoms with Gasteiger partial charge >= 0.3 is 0 Å². The zero-order chi connectivity index (χ0) is 15.5. The van der Waals surface area contributed by atoms with Crippen molar-refractivity contribution in [2.75, 3.05) is 6.54 Å². The number of ether oxygens (including phenoxy) is 1. The Balaban J connectivity index is 2.17. The molecule has 4 heteroatoms. The van der Waals surface area contributed by atoms with E-state index in [2.05, 4.69) is 26.1 Å². The van der Waals surface area contributed by atoms with E-state index in [1.807, 2.05) is 0 Å². The Morgan fingerprint density at radius 2 is 2.10 bits per heavy atom. The maximum Gasteiger partial charge on any atom is 0.200 e. The summed E-state index contributed by atoms with van der Waals surface area (Å²) in [5, 5.41) is 3.52. The van der Waals surface area contributed by atoms with Gasteiger partial charge < -0.3 is 10.1 Å². The minimum absolute atomic E-state index is 0.0148. The number of benzene rings is 1. The second kappa shape index (κ2) is 6.73. The van der Waals surface area contributed by atoms with Crippen LogP contribution in [0.5, 0.6) is 5.75 Å². The standard InChI is InChI=1S/C17H25F2NO/c1-4-11-20-16-14(9-6-10-17(16,2)3)21-13-8-5-7-12(18)15(13)19/h5,7-8,14,16,20H,4,6,9-11H2,1-3H3. The number of hydrogen-bond donors (Lipinski definition) is 1. The monoisotopic (exact) mass is 297 g/mol. The first-order valence-corrected chi connectivity index (χ1v) is 7.79. The molecular weight excluding hydrogens is 272 g/mol. The topological polar surface area (TPSA) is 21.3 Å². The molecule has 1 saturated carbocycles. The third-order valence-corrected chi connectivity index (χ3v) is 4.33. The molecule has 0 aliphatic heterocycles. The molecule has 0 spiro atoms. The fourth-order valence-corrected chi connectivity index (χ4v) is 3.16. The Labute approximate surface area is 125 Å². The number of rotatable bonds is 5. The van der Waals surface area contributed by atoms with Crippen LogP contribution in [-0.4, -0.2) is 18.7 Å². The predicted octanol–water partition coefficient (Wildman–Crippen LogP) is 4.29. The fourth-order valence-electron chi connectivity index (χ4n) is 3.16. The van der Waals surface area contributed by atoms with Crippen LogP contribution in [0, 0.1) is 17.0 Å². The van der Waals surface area contributed by atoms with Gasteiger partial charge in [0.05, 0.1) is 0 Å². The summed E-state index contributed by atoms with van der Waals surface area (Å²) in [5.41, 5.74) is 0.0852. The molecule has 118 valence electrons. The van der Waals surface area contributed by atoms with Crippen molar-refractivity contribution < 1.29 is 13.5 Å². The molecule has 1 fully saturated rings. The van der Waals surface area contributed by atoms with E-state index in [1.165, 1.54) is 12.1 Å². The summed E-state index contributed by atoms with van der Waals surface area (Å²) in [7, 11) is 0. The van der Waals surface area contributed by atoms with Gasteiger partial charge in [-0.2, -0.15) is 4.39 Å². The molecule has 0 aromatic heterocycles. The van der Waals surface area contributed by atoms with Gasteiger partial charge in [0.25, 0.3) is 0 Å². The SMILES string of the molecule is CCCNC1C(Oc2cccc(F)c2F)CCCC1(C)C. The number of halogens is 2. The van der Waals surface area contributed by atoms with Crippen molar-refractivity contribution in [1.82, 2.24) is 5.32 Å². The summed E-state index contributed by atoms with van der Waals surface area (Å²) in [4.78, 5) is 0. The summed E-state index contributed by atoms with van der Waals surface area (Å²) in [6.07, 6.45) is 3.92. The molecule has 2 nitrogen and oxygen atoms in total. The second-order valence-corrected chi connectivity index (χ2v) is 6.52. The Morgan fingerprint density at radius 1 is 1.33 bits per heavy atom. The summed E-state index contributed by atoms with van der Waals surface area (Å²) < 4.78 is 33.0. The highest BCUT2D eigenvalue weighted by molar-refractivity contribution is 5.25. The molecule has 2 atom stereocenters. The van der Waals surface area contributed by atoms with Crippen molar-refractivity contribution in [3.8, 4) is 5.75 Å². The van der Waals surface area contributed by atoms with Gasteiger partial charge in [0.2, 0.25) is 5.82 Å². The highest BCUT2D eigenvalue weighted by Gasteiger charge is 2.40. The van der Waals surface area contributed by atoms with Crippen LogP contribution in [-0.2, 0) is 0 Å². The van der Waals surface area contributed by atoms with Crippen molar-refractivity contribution in [1.29, 1.82) is 0 Å². The lowest BCUT2D eigenvalue weighted by atomic mass is 9.71. The molecule has 0 radical (unpaired) electrons. The van der Waals surface area contributed by atoms with Crippen LogP contribution in [0.2, 0.25) is 0 Å². The summed E-state index contributed by atoms with van der Waals surface area (Å²) in [5.74, 6) is -1.74. The lowest BCUT2D eigenvalue weighted by Crippen LogP contribution is -2.54. The van der Waals surface area contributed by atoms with Crippen LogP contribution in [0.3, 0.4) is 0 Å². The highest BCUT2D eigenvalue weighted by Crippen LogP contribution is 2.38. The van der Waals surface area contributed by atoms with E-state index in [0.29, 0.717) is 0 Å². The highest BCUT2D eigenvalue weighted by atomic mass is 19.2. The van der Waals surface area contributed by atoms with Crippen molar-refractivity contribution >= 4 is 0 Å². The molecule has 1 aliphatic rings. The van der Waals surface area contributed by atoms with Gasteiger partial charge in [-0.3, -0.25) is 0 Å². The Kier molecular flexibility index (Phi) is 5.20. The zero-order valence-corrected chi connectivity index (χ0v) is 13.1. The maximum atomic E-state index is 13.8. The van der Waals surface area contributed by atoms with E-state index >= 15 is 0 Å². The molecule has 0 bridgehead atoms. The van der Waals surface area contributed by atoms with Gasteiger partial charge in [-0.05, 0) is 49.8 Å². The van der Waals surface area contributed by atoms with Crippen molar-refractivity contribution in [2.24, 2.45) is 5.41 Å². The lowest BCUT2D eigenvalue weighted by molar-refractivity contribution is 0.0337. The third kappa shape index (κ3) is 3.73. The Hall–Kier alpha value is -1.16. The van der Waals surface area contributed by atoms with Gasteiger partial charge in [0.15, 0.2) is 11.6 Å². The van der Waals surface area contributed by atoms with E-state index in [0.717, 1.165) is 38.3 Å². The molecule has 0 saturated heterocycles. The molecule has 1 aromatic carbocycles. The van der Waals surface area contributed by atoms with Gasteiger partial charge in [-0.25, -0.2) is 4.39 Å². The van der Waals surface area contributed by atoms with Crippen LogP contribution in [0.1, 0.15) is 46.5 Å². The van der Waals surface area contributed by atoms with E-state index in [4.69, 9.17) is 4.74 Å².